The number of aliphatic hydroxyl groups excluding tert-OH is 1. The number of carbonyl (C=O) groups is 2. The van der Waals surface area contributed by atoms with Gasteiger partial charge in [-0.25, -0.2) is 19.0 Å². The molecule has 0 aliphatic carbocycles. The zero-order valence-corrected chi connectivity index (χ0v) is 16.7. The minimum atomic E-state index is -0.635. The van der Waals surface area contributed by atoms with E-state index < -0.39 is 24.1 Å². The molecule has 1 aromatic carbocycles. The van der Waals surface area contributed by atoms with Crippen LogP contribution in [0.15, 0.2) is 36.5 Å². The molecule has 1 aliphatic heterocycles. The smallest absolute Gasteiger partial charge is 0.414 e. The molecule has 1 aliphatic rings. The Hall–Kier alpha value is -3.73. The van der Waals surface area contributed by atoms with Crippen LogP contribution < -0.4 is 15.1 Å². The Bertz CT molecular complexity index is 955. The second-order valence-corrected chi connectivity index (χ2v) is 6.60. The van der Waals surface area contributed by atoms with Crippen LogP contribution in [0.25, 0.3) is 11.1 Å². The van der Waals surface area contributed by atoms with Crippen LogP contribution in [0.2, 0.25) is 0 Å². The Labute approximate surface area is 177 Å². The number of carbonyl (C=O) groups excluding carboxylic acids is 2. The van der Waals surface area contributed by atoms with Crippen molar-refractivity contribution >= 4 is 30.0 Å². The number of cyclic esters (lactones) is 1. The van der Waals surface area contributed by atoms with Gasteiger partial charge < -0.3 is 24.8 Å². The fourth-order valence-electron chi connectivity index (χ4n) is 3.08. The van der Waals surface area contributed by atoms with E-state index in [0.29, 0.717) is 22.6 Å². The lowest BCUT2D eigenvalue weighted by Crippen LogP contribution is -2.34. The molecule has 2 amide bonds. The standard InChI is InChI=1S/C20H22FN5O5/c1-30-19(28)24-10-15-11-26(20(29)31-15)14-3-4-16(17(21)8-14)13-2-5-18(23-9-13)25(12-22)6-7-27/h2-5,8-9,12,15,22,27H,6-7,10-11H2,1H3,(H,24,28)/t15-/m0/s1. The molecule has 164 valence electrons. The van der Waals surface area contributed by atoms with E-state index in [2.05, 4.69) is 15.0 Å². The molecule has 1 saturated heterocycles. The van der Waals surface area contributed by atoms with Gasteiger partial charge in [-0.15, -0.1) is 0 Å². The Balaban J connectivity index is 1.72. The second kappa shape index (κ2) is 9.85. The first-order valence-electron chi connectivity index (χ1n) is 9.41. The third-order valence-corrected chi connectivity index (χ3v) is 4.65. The molecule has 0 spiro atoms. The van der Waals surface area contributed by atoms with E-state index in [-0.39, 0.29) is 26.2 Å². The first-order valence-corrected chi connectivity index (χ1v) is 9.41. The first kappa shape index (κ1) is 22.0. The summed E-state index contributed by atoms with van der Waals surface area (Å²) in [5.74, 6) is -0.0912. The molecule has 11 heteroatoms. The number of methoxy groups -OCH3 is 1. The van der Waals surface area contributed by atoms with Gasteiger partial charge in [0, 0.05) is 23.9 Å². The van der Waals surface area contributed by atoms with Gasteiger partial charge in [0.15, 0.2) is 0 Å². The number of halogens is 1. The van der Waals surface area contributed by atoms with Crippen molar-refractivity contribution in [3.63, 3.8) is 0 Å². The zero-order valence-electron chi connectivity index (χ0n) is 16.7. The summed E-state index contributed by atoms with van der Waals surface area (Å²) in [5.41, 5.74) is 1.14. The van der Waals surface area contributed by atoms with E-state index in [1.807, 2.05) is 0 Å². The highest BCUT2D eigenvalue weighted by molar-refractivity contribution is 5.90. The van der Waals surface area contributed by atoms with Crippen molar-refractivity contribution in [2.24, 2.45) is 0 Å². The number of benzene rings is 1. The molecule has 0 unspecified atom stereocenters. The lowest BCUT2D eigenvalue weighted by molar-refractivity contribution is 0.132. The summed E-state index contributed by atoms with van der Waals surface area (Å²) in [6.45, 7) is 0.327. The topological polar surface area (TPSA) is 128 Å². The second-order valence-electron chi connectivity index (χ2n) is 6.60. The minimum absolute atomic E-state index is 0.0799. The number of amides is 2. The van der Waals surface area contributed by atoms with E-state index in [1.54, 1.807) is 18.2 Å². The summed E-state index contributed by atoms with van der Waals surface area (Å²) in [6.07, 6.45) is 0.674. The highest BCUT2D eigenvalue weighted by Crippen LogP contribution is 2.29. The molecule has 3 rings (SSSR count). The quantitative estimate of drug-likeness (QED) is 0.431. The molecule has 3 N–H and O–H groups in total. The average molecular weight is 431 g/mol. The Morgan fingerprint density at radius 1 is 1.48 bits per heavy atom. The van der Waals surface area contributed by atoms with Gasteiger partial charge in [-0.2, -0.15) is 0 Å². The van der Waals surface area contributed by atoms with Gasteiger partial charge in [0.25, 0.3) is 0 Å². The van der Waals surface area contributed by atoms with Crippen LogP contribution in [-0.4, -0.2) is 68.1 Å². The van der Waals surface area contributed by atoms with Gasteiger partial charge in [-0.3, -0.25) is 10.3 Å². The lowest BCUT2D eigenvalue weighted by Gasteiger charge is -2.17. The van der Waals surface area contributed by atoms with E-state index in [9.17, 15) is 14.0 Å². The number of rotatable bonds is 8. The molecule has 1 aromatic heterocycles. The number of aromatic nitrogens is 1. The van der Waals surface area contributed by atoms with Crippen LogP contribution >= 0.6 is 0 Å². The zero-order chi connectivity index (χ0) is 22.4. The Kier molecular flexibility index (Phi) is 6.98. The van der Waals surface area contributed by atoms with Crippen LogP contribution in [0.1, 0.15) is 0 Å². The summed E-state index contributed by atoms with van der Waals surface area (Å²) in [5, 5.41) is 18.9. The van der Waals surface area contributed by atoms with Crippen LogP contribution in [-0.2, 0) is 9.47 Å². The summed E-state index contributed by atoms with van der Waals surface area (Å²) in [6, 6.07) is 7.65. The number of anilines is 2. The minimum Gasteiger partial charge on any atom is -0.453 e. The molecular formula is C20H22FN5O5. The predicted octanol–water partition coefficient (Wildman–Crippen LogP) is 1.97. The van der Waals surface area contributed by atoms with Crippen LogP contribution in [0.5, 0.6) is 0 Å². The normalized spacial score (nSPS) is 15.4. The maximum Gasteiger partial charge on any atom is 0.414 e. The third kappa shape index (κ3) is 5.07. The molecule has 10 nitrogen and oxygen atoms in total. The van der Waals surface area contributed by atoms with Crippen molar-refractivity contribution in [1.29, 1.82) is 5.41 Å². The van der Waals surface area contributed by atoms with Gasteiger partial charge in [0.2, 0.25) is 0 Å². The van der Waals surface area contributed by atoms with Crippen molar-refractivity contribution in [1.82, 2.24) is 10.3 Å². The van der Waals surface area contributed by atoms with Crippen molar-refractivity contribution in [2.75, 3.05) is 43.2 Å². The van der Waals surface area contributed by atoms with E-state index in [0.717, 1.165) is 6.34 Å². The van der Waals surface area contributed by atoms with Crippen molar-refractivity contribution in [3.05, 3.63) is 42.3 Å². The number of hydrogen-bond donors (Lipinski definition) is 3. The number of nitrogens with one attached hydrogen (secondary N) is 2. The number of alkyl carbamates (subject to hydrolysis) is 1. The van der Waals surface area contributed by atoms with Crippen LogP contribution in [0, 0.1) is 11.2 Å². The largest absolute Gasteiger partial charge is 0.453 e. The number of nitrogens with zero attached hydrogens (tertiary/aromatic N) is 3. The summed E-state index contributed by atoms with van der Waals surface area (Å²) >= 11 is 0. The third-order valence-electron chi connectivity index (χ3n) is 4.65. The molecule has 0 radical (unpaired) electrons. The average Bonchev–Trinajstić information content (AvgIpc) is 3.16. The number of ether oxygens (including phenoxy) is 2. The molecular weight excluding hydrogens is 409 g/mol. The molecule has 1 fully saturated rings. The number of aliphatic hydroxyl groups is 1. The van der Waals surface area contributed by atoms with Crippen molar-refractivity contribution in [3.8, 4) is 11.1 Å². The fraction of sp³-hybridized carbons (Fsp3) is 0.300. The maximum absolute atomic E-state index is 14.8. The van der Waals surface area contributed by atoms with Gasteiger partial charge >= 0.3 is 12.2 Å². The van der Waals surface area contributed by atoms with E-state index >= 15 is 0 Å². The summed E-state index contributed by atoms with van der Waals surface area (Å²) < 4.78 is 24.5. The molecule has 2 heterocycles. The van der Waals surface area contributed by atoms with Crippen molar-refractivity contribution < 1.29 is 28.6 Å². The first-order chi connectivity index (χ1) is 15.0. The van der Waals surface area contributed by atoms with E-state index in [4.69, 9.17) is 15.3 Å². The van der Waals surface area contributed by atoms with Crippen molar-refractivity contribution in [2.45, 2.75) is 6.10 Å². The summed E-state index contributed by atoms with van der Waals surface area (Å²) in [7, 11) is 1.23. The molecule has 0 bridgehead atoms. The molecule has 2 aromatic rings. The number of pyridine rings is 1. The maximum atomic E-state index is 14.8. The molecule has 1 atom stereocenters. The Morgan fingerprint density at radius 2 is 2.29 bits per heavy atom. The number of hydrogen-bond acceptors (Lipinski definition) is 7. The van der Waals surface area contributed by atoms with Gasteiger partial charge in [-0.1, -0.05) is 0 Å². The predicted molar refractivity (Wildman–Crippen MR) is 111 cm³/mol. The molecule has 31 heavy (non-hydrogen) atoms. The highest BCUT2D eigenvalue weighted by Gasteiger charge is 2.33. The fourth-order valence-corrected chi connectivity index (χ4v) is 3.08. The van der Waals surface area contributed by atoms with Gasteiger partial charge in [0.05, 0.1) is 38.8 Å². The molecule has 0 saturated carbocycles. The Morgan fingerprint density at radius 3 is 2.90 bits per heavy atom. The van der Waals surface area contributed by atoms with Gasteiger partial charge in [0.1, 0.15) is 17.7 Å². The van der Waals surface area contributed by atoms with Gasteiger partial charge in [-0.05, 0) is 30.3 Å². The van der Waals surface area contributed by atoms with Crippen LogP contribution in [0.4, 0.5) is 25.5 Å². The SMILES string of the molecule is COC(=O)NC[C@H]1CN(c2ccc(-c3ccc(N(C=N)CCO)nc3)c(F)c2)C(=O)O1. The highest BCUT2D eigenvalue weighted by atomic mass is 19.1. The van der Waals surface area contributed by atoms with Crippen LogP contribution in [0.3, 0.4) is 0 Å². The van der Waals surface area contributed by atoms with E-state index in [1.165, 1.54) is 35.2 Å². The monoisotopic (exact) mass is 431 g/mol. The lowest BCUT2D eigenvalue weighted by atomic mass is 10.1. The summed E-state index contributed by atoms with van der Waals surface area (Å²) in [4.78, 5) is 30.3.